The van der Waals surface area contributed by atoms with Gasteiger partial charge in [-0.2, -0.15) is 0 Å². The molecular weight excluding hydrogens is 279 g/mol. The Bertz CT molecular complexity index is 413. The molecule has 0 fully saturated rings. The van der Waals surface area contributed by atoms with Gasteiger partial charge in [0.2, 0.25) is 5.91 Å². The van der Waals surface area contributed by atoms with Gasteiger partial charge >= 0.3 is 0 Å². The number of benzene rings is 1. The summed E-state index contributed by atoms with van der Waals surface area (Å²) >= 11 is 0. The zero-order chi connectivity index (χ0) is 14.3. The first kappa shape index (κ1) is 18.9. The fourth-order valence-electron chi connectivity index (χ4n) is 1.97. The van der Waals surface area contributed by atoms with E-state index < -0.39 is 0 Å². The van der Waals surface area contributed by atoms with Gasteiger partial charge in [-0.15, -0.1) is 12.4 Å². The molecule has 1 aromatic carbocycles. The normalized spacial score (nSPS) is 13.2. The van der Waals surface area contributed by atoms with E-state index in [0.717, 1.165) is 12.0 Å². The van der Waals surface area contributed by atoms with Crippen molar-refractivity contribution in [2.75, 3.05) is 6.54 Å². The van der Waals surface area contributed by atoms with Crippen molar-refractivity contribution in [1.82, 2.24) is 5.32 Å². The number of nitrogens with two attached hydrogens (primary N) is 1. The van der Waals surface area contributed by atoms with Crippen molar-refractivity contribution >= 4 is 18.3 Å². The van der Waals surface area contributed by atoms with E-state index in [-0.39, 0.29) is 36.1 Å². The monoisotopic (exact) mass is 302 g/mol. The number of halogens is 2. The molecule has 2 unspecified atom stereocenters. The zero-order valence-electron chi connectivity index (χ0n) is 12.1. The number of carbonyl (C=O) groups excluding carboxylic acids is 1. The van der Waals surface area contributed by atoms with Gasteiger partial charge in [0, 0.05) is 19.0 Å². The molecule has 0 spiro atoms. The van der Waals surface area contributed by atoms with Gasteiger partial charge in [-0.05, 0) is 43.4 Å². The number of rotatable bonds is 7. The highest BCUT2D eigenvalue weighted by atomic mass is 35.5. The van der Waals surface area contributed by atoms with Crippen molar-refractivity contribution in [2.24, 2.45) is 11.7 Å². The Morgan fingerprint density at radius 1 is 1.40 bits per heavy atom. The lowest BCUT2D eigenvalue weighted by molar-refractivity contribution is -0.121. The van der Waals surface area contributed by atoms with E-state index in [1.807, 2.05) is 19.9 Å². The first-order valence-corrected chi connectivity index (χ1v) is 6.74. The van der Waals surface area contributed by atoms with Crippen LogP contribution in [0.1, 0.15) is 32.3 Å². The van der Waals surface area contributed by atoms with E-state index in [0.29, 0.717) is 19.4 Å². The third-order valence-corrected chi connectivity index (χ3v) is 2.93. The van der Waals surface area contributed by atoms with Crippen molar-refractivity contribution in [3.63, 3.8) is 0 Å². The van der Waals surface area contributed by atoms with Crippen molar-refractivity contribution in [3.05, 3.63) is 35.6 Å². The Balaban J connectivity index is 0.00000361. The van der Waals surface area contributed by atoms with E-state index in [1.165, 1.54) is 12.1 Å². The van der Waals surface area contributed by atoms with E-state index in [4.69, 9.17) is 5.73 Å². The number of nitrogens with one attached hydrogen (secondary N) is 1. The van der Waals surface area contributed by atoms with Crippen LogP contribution in [0.5, 0.6) is 0 Å². The molecule has 5 heteroatoms. The minimum Gasteiger partial charge on any atom is -0.356 e. The number of hydrogen-bond donors (Lipinski definition) is 2. The van der Waals surface area contributed by atoms with E-state index in [2.05, 4.69) is 5.32 Å². The maximum atomic E-state index is 13.0. The molecule has 3 nitrogen and oxygen atoms in total. The summed E-state index contributed by atoms with van der Waals surface area (Å²) in [5, 5.41) is 2.85. The van der Waals surface area contributed by atoms with Crippen molar-refractivity contribution in [3.8, 4) is 0 Å². The van der Waals surface area contributed by atoms with E-state index in [9.17, 15) is 9.18 Å². The van der Waals surface area contributed by atoms with Gasteiger partial charge in [0.15, 0.2) is 0 Å². The second kappa shape index (κ2) is 9.72. The van der Waals surface area contributed by atoms with Crippen molar-refractivity contribution < 1.29 is 9.18 Å². The third-order valence-electron chi connectivity index (χ3n) is 2.93. The van der Waals surface area contributed by atoms with Gasteiger partial charge in [-0.3, -0.25) is 4.79 Å². The molecule has 114 valence electrons. The second-order valence-electron chi connectivity index (χ2n) is 5.26. The minimum absolute atomic E-state index is 0. The Morgan fingerprint density at radius 2 is 2.10 bits per heavy atom. The first-order valence-electron chi connectivity index (χ1n) is 6.74. The predicted molar refractivity (Wildman–Crippen MR) is 82.4 cm³/mol. The summed E-state index contributed by atoms with van der Waals surface area (Å²) in [7, 11) is 0. The fraction of sp³-hybridized carbons (Fsp3) is 0.533. The summed E-state index contributed by atoms with van der Waals surface area (Å²) in [4.78, 5) is 11.7. The van der Waals surface area contributed by atoms with E-state index in [1.54, 1.807) is 6.07 Å². The lowest BCUT2D eigenvalue weighted by Gasteiger charge is -2.12. The minimum atomic E-state index is -0.230. The van der Waals surface area contributed by atoms with Crippen LogP contribution in [0, 0.1) is 11.7 Å². The highest BCUT2D eigenvalue weighted by Gasteiger charge is 2.10. The predicted octanol–water partition coefficient (Wildman–Crippen LogP) is 2.67. The standard InChI is InChI=1S/C15H23FN2O.ClH/c1-11(8-13-4-3-5-14(16)10-13)9-15(19)18-7-6-12(2)17;/h3-5,10-12H,6-9,17H2,1-2H3,(H,18,19);1H. The number of hydrogen-bond acceptors (Lipinski definition) is 2. The van der Waals surface area contributed by atoms with Crippen LogP contribution < -0.4 is 11.1 Å². The summed E-state index contributed by atoms with van der Waals surface area (Å²) < 4.78 is 13.0. The van der Waals surface area contributed by atoms with Crippen LogP contribution in [0.25, 0.3) is 0 Å². The highest BCUT2D eigenvalue weighted by molar-refractivity contribution is 5.85. The van der Waals surface area contributed by atoms with Crippen LogP contribution in [-0.2, 0) is 11.2 Å². The quantitative estimate of drug-likeness (QED) is 0.813. The number of carbonyl (C=O) groups is 1. The first-order chi connectivity index (χ1) is 8.97. The Labute approximate surface area is 126 Å². The molecule has 0 saturated carbocycles. The molecule has 3 N–H and O–H groups in total. The highest BCUT2D eigenvalue weighted by Crippen LogP contribution is 2.12. The molecular formula is C15H24ClFN2O. The second-order valence-corrected chi connectivity index (χ2v) is 5.26. The van der Waals surface area contributed by atoms with Crippen LogP contribution >= 0.6 is 12.4 Å². The van der Waals surface area contributed by atoms with Gasteiger partial charge in [-0.1, -0.05) is 19.1 Å². The van der Waals surface area contributed by atoms with Crippen LogP contribution in [0.2, 0.25) is 0 Å². The molecule has 0 saturated heterocycles. The third kappa shape index (κ3) is 8.12. The summed E-state index contributed by atoms with van der Waals surface area (Å²) in [5.74, 6) is -0.00672. The molecule has 1 aromatic rings. The van der Waals surface area contributed by atoms with Crippen molar-refractivity contribution in [1.29, 1.82) is 0 Å². The molecule has 2 atom stereocenters. The Hall–Kier alpha value is -1.13. The molecule has 0 heterocycles. The fourth-order valence-corrected chi connectivity index (χ4v) is 1.97. The molecule has 0 bridgehead atoms. The maximum Gasteiger partial charge on any atom is 0.220 e. The van der Waals surface area contributed by atoms with Gasteiger partial charge < -0.3 is 11.1 Å². The van der Waals surface area contributed by atoms with Gasteiger partial charge in [-0.25, -0.2) is 4.39 Å². The lowest BCUT2D eigenvalue weighted by Crippen LogP contribution is -2.30. The lowest BCUT2D eigenvalue weighted by atomic mass is 9.98. The maximum absolute atomic E-state index is 13.0. The molecule has 0 aliphatic rings. The Morgan fingerprint density at radius 3 is 2.70 bits per heavy atom. The molecule has 20 heavy (non-hydrogen) atoms. The van der Waals surface area contributed by atoms with Crippen LogP contribution in [0.15, 0.2) is 24.3 Å². The van der Waals surface area contributed by atoms with Crippen LogP contribution in [0.4, 0.5) is 4.39 Å². The van der Waals surface area contributed by atoms with Crippen molar-refractivity contribution in [2.45, 2.75) is 39.2 Å². The SMILES string of the molecule is CC(N)CCNC(=O)CC(C)Cc1cccc(F)c1.Cl. The summed E-state index contributed by atoms with van der Waals surface area (Å²) in [6.07, 6.45) is 1.94. The summed E-state index contributed by atoms with van der Waals surface area (Å²) in [5.41, 5.74) is 6.54. The zero-order valence-corrected chi connectivity index (χ0v) is 12.9. The molecule has 1 amide bonds. The van der Waals surface area contributed by atoms with Crippen LogP contribution in [-0.4, -0.2) is 18.5 Å². The Kier molecular flexibility index (Phi) is 9.17. The molecule has 0 aromatic heterocycles. The smallest absolute Gasteiger partial charge is 0.220 e. The van der Waals surface area contributed by atoms with Gasteiger partial charge in [0.05, 0.1) is 0 Å². The van der Waals surface area contributed by atoms with Gasteiger partial charge in [0.25, 0.3) is 0 Å². The molecule has 1 rings (SSSR count). The largest absolute Gasteiger partial charge is 0.356 e. The van der Waals surface area contributed by atoms with Gasteiger partial charge in [0.1, 0.15) is 5.82 Å². The average molecular weight is 303 g/mol. The van der Waals surface area contributed by atoms with E-state index >= 15 is 0 Å². The molecule has 0 aliphatic carbocycles. The average Bonchev–Trinajstić information content (AvgIpc) is 2.27. The van der Waals surface area contributed by atoms with Crippen LogP contribution in [0.3, 0.4) is 0 Å². The summed E-state index contributed by atoms with van der Waals surface area (Å²) in [6.45, 7) is 4.53. The molecule has 0 radical (unpaired) electrons. The summed E-state index contributed by atoms with van der Waals surface area (Å²) in [6, 6.07) is 6.62. The number of amides is 1. The topological polar surface area (TPSA) is 55.1 Å². The molecule has 0 aliphatic heterocycles.